The van der Waals surface area contributed by atoms with Crippen LogP contribution >= 0.6 is 11.6 Å². The van der Waals surface area contributed by atoms with Crippen LogP contribution in [0.2, 0.25) is 5.02 Å². The Kier molecular flexibility index (Phi) is 6.10. The Morgan fingerprint density at radius 1 is 1.43 bits per heavy atom. The average Bonchev–Trinajstić information content (AvgIpc) is 2.44. The van der Waals surface area contributed by atoms with Crippen LogP contribution in [-0.4, -0.2) is 41.8 Å². The number of hydrogen-bond donors (Lipinski definition) is 1. The molecule has 0 saturated heterocycles. The number of nitro benzene ring substituents is 1. The number of halogens is 1. The SMILES string of the molecule is CCCNC(=O)CN(C)C(=O)c1ccc([N+](=O)[O-])cc1Cl. The smallest absolute Gasteiger partial charge is 0.270 e. The number of non-ortho nitro benzene ring substituents is 1. The molecule has 1 aromatic rings. The van der Waals surface area contributed by atoms with Crippen molar-refractivity contribution in [2.24, 2.45) is 0 Å². The molecule has 0 radical (unpaired) electrons. The summed E-state index contributed by atoms with van der Waals surface area (Å²) in [5.41, 5.74) is -0.0760. The van der Waals surface area contributed by atoms with E-state index >= 15 is 0 Å². The van der Waals surface area contributed by atoms with Gasteiger partial charge >= 0.3 is 0 Å². The molecule has 0 unspecified atom stereocenters. The van der Waals surface area contributed by atoms with E-state index in [2.05, 4.69) is 5.32 Å². The van der Waals surface area contributed by atoms with Gasteiger partial charge in [0.25, 0.3) is 11.6 Å². The highest BCUT2D eigenvalue weighted by Crippen LogP contribution is 2.23. The molecule has 8 heteroatoms. The molecule has 1 N–H and O–H groups in total. The molecular weight excluding hydrogens is 298 g/mol. The largest absolute Gasteiger partial charge is 0.355 e. The van der Waals surface area contributed by atoms with Crippen molar-refractivity contribution in [1.82, 2.24) is 10.2 Å². The maximum Gasteiger partial charge on any atom is 0.270 e. The highest BCUT2D eigenvalue weighted by Gasteiger charge is 2.19. The summed E-state index contributed by atoms with van der Waals surface area (Å²) in [6, 6.07) is 3.59. The van der Waals surface area contributed by atoms with Crippen LogP contribution in [-0.2, 0) is 4.79 Å². The van der Waals surface area contributed by atoms with Gasteiger partial charge in [-0.15, -0.1) is 0 Å². The van der Waals surface area contributed by atoms with Crippen molar-refractivity contribution < 1.29 is 14.5 Å². The number of benzene rings is 1. The van der Waals surface area contributed by atoms with Crippen LogP contribution in [0, 0.1) is 10.1 Å². The minimum atomic E-state index is -0.595. The van der Waals surface area contributed by atoms with Gasteiger partial charge in [0, 0.05) is 25.7 Å². The van der Waals surface area contributed by atoms with Crippen molar-refractivity contribution in [3.05, 3.63) is 38.9 Å². The van der Waals surface area contributed by atoms with Crippen molar-refractivity contribution in [2.75, 3.05) is 20.1 Å². The molecule has 0 bridgehead atoms. The topological polar surface area (TPSA) is 92.6 Å². The van der Waals surface area contributed by atoms with Gasteiger partial charge in [-0.1, -0.05) is 18.5 Å². The number of nitrogens with zero attached hydrogens (tertiary/aromatic N) is 2. The zero-order valence-corrected chi connectivity index (χ0v) is 12.5. The third kappa shape index (κ3) is 4.71. The maximum atomic E-state index is 12.1. The van der Waals surface area contributed by atoms with Gasteiger partial charge in [-0.3, -0.25) is 19.7 Å². The van der Waals surface area contributed by atoms with Gasteiger partial charge in [0.15, 0.2) is 0 Å². The highest BCUT2D eigenvalue weighted by molar-refractivity contribution is 6.34. The second-order valence-electron chi connectivity index (χ2n) is 4.43. The van der Waals surface area contributed by atoms with Gasteiger partial charge in [-0.05, 0) is 12.5 Å². The van der Waals surface area contributed by atoms with Crippen LogP contribution in [0.5, 0.6) is 0 Å². The lowest BCUT2D eigenvalue weighted by atomic mass is 10.2. The molecular formula is C13H16ClN3O4. The maximum absolute atomic E-state index is 12.1. The summed E-state index contributed by atoms with van der Waals surface area (Å²) in [5, 5.41) is 13.2. The minimum absolute atomic E-state index is 0.0185. The van der Waals surface area contributed by atoms with E-state index in [-0.39, 0.29) is 28.7 Å². The molecule has 0 heterocycles. The molecule has 0 spiro atoms. The zero-order chi connectivity index (χ0) is 16.0. The molecule has 0 fully saturated rings. The fraction of sp³-hybridized carbons (Fsp3) is 0.385. The lowest BCUT2D eigenvalue weighted by molar-refractivity contribution is -0.384. The number of rotatable bonds is 6. The normalized spacial score (nSPS) is 10.0. The number of likely N-dealkylation sites (N-methyl/N-ethyl adjacent to an activating group) is 1. The molecule has 2 amide bonds. The monoisotopic (exact) mass is 313 g/mol. The molecule has 114 valence electrons. The van der Waals surface area contributed by atoms with Crippen molar-refractivity contribution in [3.8, 4) is 0 Å². The molecule has 0 aliphatic heterocycles. The number of carbonyl (C=O) groups excluding carboxylic acids is 2. The van der Waals surface area contributed by atoms with E-state index in [9.17, 15) is 19.7 Å². The summed E-state index contributed by atoms with van der Waals surface area (Å²) in [4.78, 5) is 34.9. The Labute approximate surface area is 127 Å². The molecule has 0 saturated carbocycles. The van der Waals surface area contributed by atoms with Crippen LogP contribution in [0.3, 0.4) is 0 Å². The van der Waals surface area contributed by atoms with Gasteiger partial charge in [0.05, 0.1) is 22.1 Å². The summed E-state index contributed by atoms with van der Waals surface area (Å²) >= 11 is 5.88. The zero-order valence-electron chi connectivity index (χ0n) is 11.8. The highest BCUT2D eigenvalue weighted by atomic mass is 35.5. The summed E-state index contributed by atoms with van der Waals surface area (Å²) in [5.74, 6) is -0.743. The summed E-state index contributed by atoms with van der Waals surface area (Å²) < 4.78 is 0. The predicted octanol–water partition coefficient (Wildman–Crippen LogP) is 1.85. The number of nitrogens with one attached hydrogen (secondary N) is 1. The van der Waals surface area contributed by atoms with E-state index in [4.69, 9.17) is 11.6 Å². The second-order valence-corrected chi connectivity index (χ2v) is 4.84. The quantitative estimate of drug-likeness (QED) is 0.640. The van der Waals surface area contributed by atoms with Crippen LogP contribution < -0.4 is 5.32 Å². The first-order chi connectivity index (χ1) is 9.86. The molecule has 1 aromatic carbocycles. The third-order valence-corrected chi connectivity index (χ3v) is 3.01. The van der Waals surface area contributed by atoms with Crippen molar-refractivity contribution in [1.29, 1.82) is 0 Å². The van der Waals surface area contributed by atoms with E-state index in [1.165, 1.54) is 24.1 Å². The molecule has 0 aliphatic carbocycles. The molecule has 0 atom stereocenters. The molecule has 7 nitrogen and oxygen atoms in total. The van der Waals surface area contributed by atoms with Gasteiger partial charge in [0.1, 0.15) is 0 Å². The molecule has 21 heavy (non-hydrogen) atoms. The summed E-state index contributed by atoms with van der Waals surface area (Å²) in [6.45, 7) is 2.36. The Morgan fingerprint density at radius 2 is 2.10 bits per heavy atom. The van der Waals surface area contributed by atoms with E-state index < -0.39 is 10.8 Å². The van der Waals surface area contributed by atoms with Crippen LogP contribution in [0.1, 0.15) is 23.7 Å². The predicted molar refractivity (Wildman–Crippen MR) is 78.4 cm³/mol. The van der Waals surface area contributed by atoms with Crippen LogP contribution in [0.15, 0.2) is 18.2 Å². The number of carbonyl (C=O) groups is 2. The first-order valence-electron chi connectivity index (χ1n) is 6.33. The summed E-state index contributed by atoms with van der Waals surface area (Å²) in [6.07, 6.45) is 0.803. The Hall–Kier alpha value is -2.15. The first-order valence-corrected chi connectivity index (χ1v) is 6.70. The molecule has 0 aliphatic rings. The van der Waals surface area contributed by atoms with E-state index in [1.54, 1.807) is 0 Å². The Balaban J connectivity index is 2.78. The minimum Gasteiger partial charge on any atom is -0.355 e. The number of amides is 2. The van der Waals surface area contributed by atoms with Gasteiger partial charge in [0.2, 0.25) is 5.91 Å². The van der Waals surface area contributed by atoms with Crippen LogP contribution in [0.4, 0.5) is 5.69 Å². The van der Waals surface area contributed by atoms with E-state index in [0.29, 0.717) is 6.54 Å². The van der Waals surface area contributed by atoms with E-state index in [0.717, 1.165) is 12.5 Å². The third-order valence-electron chi connectivity index (χ3n) is 2.69. The van der Waals surface area contributed by atoms with Crippen LogP contribution in [0.25, 0.3) is 0 Å². The standard InChI is InChI=1S/C13H16ClN3O4/c1-3-6-15-12(18)8-16(2)13(19)10-5-4-9(17(20)21)7-11(10)14/h4-5,7H,3,6,8H2,1-2H3,(H,15,18). The lowest BCUT2D eigenvalue weighted by Crippen LogP contribution is -2.38. The van der Waals surface area contributed by atoms with Crippen molar-refractivity contribution in [2.45, 2.75) is 13.3 Å². The lowest BCUT2D eigenvalue weighted by Gasteiger charge is -2.17. The fourth-order valence-corrected chi connectivity index (χ4v) is 1.86. The average molecular weight is 314 g/mol. The molecule has 0 aromatic heterocycles. The second kappa shape index (κ2) is 7.58. The van der Waals surface area contributed by atoms with Gasteiger partial charge in [-0.25, -0.2) is 0 Å². The summed E-state index contributed by atoms with van der Waals surface area (Å²) in [7, 11) is 1.46. The number of nitro groups is 1. The molecule has 1 rings (SSSR count). The Morgan fingerprint density at radius 3 is 2.62 bits per heavy atom. The number of hydrogen-bond acceptors (Lipinski definition) is 4. The van der Waals surface area contributed by atoms with Gasteiger partial charge < -0.3 is 10.2 Å². The van der Waals surface area contributed by atoms with Crippen molar-refractivity contribution >= 4 is 29.1 Å². The van der Waals surface area contributed by atoms with E-state index in [1.807, 2.05) is 6.92 Å². The van der Waals surface area contributed by atoms with Gasteiger partial charge in [-0.2, -0.15) is 0 Å². The first kappa shape index (κ1) is 16.9. The fourth-order valence-electron chi connectivity index (χ4n) is 1.60. The van der Waals surface area contributed by atoms with Crippen molar-refractivity contribution in [3.63, 3.8) is 0 Å². The Bertz CT molecular complexity index is 562.